The van der Waals surface area contributed by atoms with E-state index < -0.39 is 0 Å². The van der Waals surface area contributed by atoms with Crippen molar-refractivity contribution in [3.05, 3.63) is 0 Å². The van der Waals surface area contributed by atoms with E-state index in [1.165, 1.54) is 12.8 Å². The zero-order chi connectivity index (χ0) is 12.1. The second kappa shape index (κ2) is 12.5. The summed E-state index contributed by atoms with van der Waals surface area (Å²) < 4.78 is 5.09. The largest absolute Gasteiger partial charge is 0.466 e. The Kier molecular flexibility index (Phi) is 12.1. The fraction of sp³-hybridized carbons (Fsp3) is 0.923. The number of unbranched alkanes of at least 4 members (excludes halogenated alkanes) is 6. The normalized spacial score (nSPS) is 10.4. The maximum absolute atomic E-state index is 11.2. The fourth-order valence-electron chi connectivity index (χ4n) is 1.51. The second-order valence-corrected chi connectivity index (χ2v) is 4.15. The Morgan fingerprint density at radius 3 is 2.31 bits per heavy atom. The van der Waals surface area contributed by atoms with Gasteiger partial charge in [-0.1, -0.05) is 32.6 Å². The molecule has 3 heteroatoms. The van der Waals surface area contributed by atoms with Gasteiger partial charge in [0, 0.05) is 6.42 Å². The lowest BCUT2D eigenvalue weighted by molar-refractivity contribution is -0.143. The summed E-state index contributed by atoms with van der Waals surface area (Å²) in [4.78, 5) is 11.2. The summed E-state index contributed by atoms with van der Waals surface area (Å²) in [7, 11) is 0. The Morgan fingerprint density at radius 2 is 1.62 bits per heavy atom. The third-order valence-electron chi connectivity index (χ3n) is 2.54. The number of hydrogen-bond acceptors (Lipinski definition) is 2. The molecule has 0 saturated carbocycles. The summed E-state index contributed by atoms with van der Waals surface area (Å²) in [5.41, 5.74) is 0. The molecule has 0 fully saturated rings. The first-order valence-electron chi connectivity index (χ1n) is 6.55. The van der Waals surface area contributed by atoms with E-state index in [4.69, 9.17) is 4.74 Å². The zero-order valence-corrected chi connectivity index (χ0v) is 10.5. The summed E-state index contributed by atoms with van der Waals surface area (Å²) in [5, 5.41) is 10.2. The van der Waals surface area contributed by atoms with Crippen molar-refractivity contribution in [1.29, 1.82) is 0 Å². The highest BCUT2D eigenvalue weighted by Gasteiger charge is 2.01. The van der Waals surface area contributed by atoms with Crippen molar-refractivity contribution in [3.8, 4) is 0 Å². The van der Waals surface area contributed by atoms with Crippen LogP contribution in [0.4, 0.5) is 0 Å². The van der Waals surface area contributed by atoms with Crippen molar-refractivity contribution in [2.45, 2.75) is 64.7 Å². The zero-order valence-electron chi connectivity index (χ0n) is 10.5. The van der Waals surface area contributed by atoms with Gasteiger partial charge in [0.25, 0.3) is 0 Å². The summed E-state index contributed by atoms with van der Waals surface area (Å²) >= 11 is 0. The molecule has 0 aromatic carbocycles. The van der Waals surface area contributed by atoms with Crippen LogP contribution in [0.15, 0.2) is 0 Å². The lowest BCUT2D eigenvalue weighted by atomic mass is 10.1. The van der Waals surface area contributed by atoms with Crippen molar-refractivity contribution in [1.82, 2.24) is 0 Å². The van der Waals surface area contributed by atoms with Crippen LogP contribution >= 0.6 is 0 Å². The molecule has 0 atom stereocenters. The van der Waals surface area contributed by atoms with Gasteiger partial charge in [-0.2, -0.15) is 0 Å². The van der Waals surface area contributed by atoms with Gasteiger partial charge in [0.15, 0.2) is 0 Å². The SMILES string of the molecule is CCCCCCC(=O)OCCCCCC[O]. The molecule has 0 amide bonds. The van der Waals surface area contributed by atoms with E-state index in [0.29, 0.717) is 13.0 Å². The average molecular weight is 229 g/mol. The lowest BCUT2D eigenvalue weighted by Crippen LogP contribution is -2.05. The predicted molar refractivity (Wildman–Crippen MR) is 63.7 cm³/mol. The molecule has 0 aromatic heterocycles. The van der Waals surface area contributed by atoms with E-state index in [9.17, 15) is 9.90 Å². The number of ether oxygens (including phenoxy) is 1. The van der Waals surface area contributed by atoms with Crippen molar-refractivity contribution in [3.63, 3.8) is 0 Å². The molecule has 0 aliphatic heterocycles. The molecule has 0 N–H and O–H groups in total. The Morgan fingerprint density at radius 1 is 0.938 bits per heavy atom. The van der Waals surface area contributed by atoms with Crippen molar-refractivity contribution in [2.75, 3.05) is 13.2 Å². The van der Waals surface area contributed by atoms with Gasteiger partial charge in [0.2, 0.25) is 0 Å². The van der Waals surface area contributed by atoms with Gasteiger partial charge in [0.05, 0.1) is 13.2 Å². The maximum Gasteiger partial charge on any atom is 0.305 e. The van der Waals surface area contributed by atoms with Gasteiger partial charge in [-0.25, -0.2) is 5.11 Å². The fourth-order valence-corrected chi connectivity index (χ4v) is 1.51. The highest BCUT2D eigenvalue weighted by atomic mass is 16.5. The summed E-state index contributed by atoms with van der Waals surface area (Å²) in [6.45, 7) is 2.68. The Bertz CT molecular complexity index is 157. The third-order valence-corrected chi connectivity index (χ3v) is 2.54. The molecule has 0 rings (SSSR count). The average Bonchev–Trinajstić information content (AvgIpc) is 2.29. The van der Waals surface area contributed by atoms with E-state index in [1.807, 2.05) is 0 Å². The topological polar surface area (TPSA) is 46.2 Å². The van der Waals surface area contributed by atoms with E-state index in [-0.39, 0.29) is 12.6 Å². The highest BCUT2D eigenvalue weighted by Crippen LogP contribution is 2.04. The van der Waals surface area contributed by atoms with Crippen LogP contribution in [0.1, 0.15) is 64.7 Å². The Balaban J connectivity index is 3.11. The summed E-state index contributed by atoms with van der Waals surface area (Å²) in [6.07, 6.45) is 8.59. The van der Waals surface area contributed by atoms with Crippen LogP contribution in [0.3, 0.4) is 0 Å². The molecular weight excluding hydrogens is 204 g/mol. The molecule has 0 bridgehead atoms. The number of carbonyl (C=O) groups excluding carboxylic acids is 1. The van der Waals surface area contributed by atoms with E-state index >= 15 is 0 Å². The van der Waals surface area contributed by atoms with Crippen molar-refractivity contribution < 1.29 is 14.6 Å². The molecule has 0 saturated heterocycles. The van der Waals surface area contributed by atoms with Crippen LogP contribution in [0.2, 0.25) is 0 Å². The van der Waals surface area contributed by atoms with Crippen LogP contribution in [0.25, 0.3) is 0 Å². The van der Waals surface area contributed by atoms with E-state index in [0.717, 1.165) is 38.5 Å². The molecule has 0 unspecified atom stereocenters. The number of esters is 1. The number of carbonyl (C=O) groups is 1. The van der Waals surface area contributed by atoms with Crippen LogP contribution in [-0.4, -0.2) is 19.2 Å². The van der Waals surface area contributed by atoms with Gasteiger partial charge < -0.3 is 4.74 Å². The maximum atomic E-state index is 11.2. The van der Waals surface area contributed by atoms with E-state index in [2.05, 4.69) is 6.92 Å². The standard InChI is InChI=1S/C13H25O3/c1-2-3-4-7-10-13(15)16-12-9-6-5-8-11-14/h2-12H2,1H3. The van der Waals surface area contributed by atoms with Crippen molar-refractivity contribution in [2.24, 2.45) is 0 Å². The first-order chi connectivity index (χ1) is 7.81. The molecular formula is C13H25O3. The molecule has 0 spiro atoms. The summed E-state index contributed by atoms with van der Waals surface area (Å²) in [6, 6.07) is 0. The molecule has 95 valence electrons. The molecule has 0 aliphatic carbocycles. The molecule has 1 radical (unpaired) electrons. The number of hydrogen-bond donors (Lipinski definition) is 0. The van der Waals surface area contributed by atoms with Gasteiger partial charge in [-0.3, -0.25) is 4.79 Å². The first kappa shape index (κ1) is 15.4. The third kappa shape index (κ3) is 11.5. The minimum Gasteiger partial charge on any atom is -0.466 e. The minimum atomic E-state index is -0.0695. The molecule has 3 nitrogen and oxygen atoms in total. The van der Waals surface area contributed by atoms with E-state index in [1.54, 1.807) is 0 Å². The molecule has 0 aromatic rings. The summed E-state index contributed by atoms with van der Waals surface area (Å²) in [5.74, 6) is -0.0695. The smallest absolute Gasteiger partial charge is 0.305 e. The van der Waals surface area contributed by atoms with Gasteiger partial charge in [-0.05, 0) is 25.7 Å². The monoisotopic (exact) mass is 229 g/mol. The van der Waals surface area contributed by atoms with Gasteiger partial charge in [-0.15, -0.1) is 0 Å². The van der Waals surface area contributed by atoms with Crippen molar-refractivity contribution >= 4 is 5.97 Å². The van der Waals surface area contributed by atoms with Gasteiger partial charge >= 0.3 is 5.97 Å². The van der Waals surface area contributed by atoms with Crippen LogP contribution < -0.4 is 0 Å². The Hall–Kier alpha value is -0.570. The van der Waals surface area contributed by atoms with Crippen LogP contribution in [0, 0.1) is 0 Å². The number of rotatable bonds is 11. The second-order valence-electron chi connectivity index (χ2n) is 4.15. The van der Waals surface area contributed by atoms with Crippen LogP contribution in [0.5, 0.6) is 0 Å². The molecule has 0 aliphatic rings. The predicted octanol–water partition coefficient (Wildman–Crippen LogP) is 3.49. The van der Waals surface area contributed by atoms with Crippen LogP contribution in [-0.2, 0) is 14.6 Å². The van der Waals surface area contributed by atoms with Gasteiger partial charge in [0.1, 0.15) is 0 Å². The quantitative estimate of drug-likeness (QED) is 0.402. The lowest BCUT2D eigenvalue weighted by Gasteiger charge is -2.04. The first-order valence-corrected chi connectivity index (χ1v) is 6.55. The molecule has 16 heavy (non-hydrogen) atoms. The Labute approximate surface area is 99.2 Å². The highest BCUT2D eigenvalue weighted by molar-refractivity contribution is 5.69. The molecule has 0 heterocycles. The minimum absolute atomic E-state index is 0.0111.